The number of nitrogens with zero attached hydrogens (tertiary/aromatic N) is 4. The van der Waals surface area contributed by atoms with Gasteiger partial charge in [-0.25, -0.2) is 4.98 Å². The molecule has 7 heteroatoms. The average Bonchev–Trinajstić information content (AvgIpc) is 3.10. The first kappa shape index (κ1) is 18.4. The Morgan fingerprint density at radius 3 is 2.45 bits per heavy atom. The predicted molar refractivity (Wildman–Crippen MR) is 113 cm³/mol. The van der Waals surface area contributed by atoms with E-state index in [2.05, 4.69) is 4.90 Å². The molecule has 3 heterocycles. The molecule has 29 heavy (non-hydrogen) atoms. The normalized spacial score (nSPS) is 20.2. The molecule has 0 radical (unpaired) electrons. The van der Waals surface area contributed by atoms with Crippen LogP contribution in [0.2, 0.25) is 0 Å². The van der Waals surface area contributed by atoms with Gasteiger partial charge in [0, 0.05) is 35.9 Å². The number of amides is 1. The second-order valence-electron chi connectivity index (χ2n) is 8.13. The number of carbonyl (C=O) groups excluding carboxylic acids is 1. The van der Waals surface area contributed by atoms with E-state index >= 15 is 0 Å². The Labute approximate surface area is 170 Å². The molecule has 0 atom stereocenters. The van der Waals surface area contributed by atoms with E-state index in [9.17, 15) is 4.79 Å². The molecule has 0 unspecified atom stereocenters. The number of fused-ring (bicyclic) bond motifs is 1. The van der Waals surface area contributed by atoms with Crippen LogP contribution in [0.5, 0.6) is 0 Å². The molecular formula is C22H27N5O2. The van der Waals surface area contributed by atoms with Crippen molar-refractivity contribution in [2.75, 3.05) is 41.8 Å². The summed E-state index contributed by atoms with van der Waals surface area (Å²) in [6.07, 6.45) is 6.09. The number of ether oxygens (including phenoxy) is 1. The molecule has 152 valence electrons. The smallest absolute Gasteiger partial charge is 0.233 e. The lowest BCUT2D eigenvalue weighted by Gasteiger charge is -2.32. The van der Waals surface area contributed by atoms with Crippen molar-refractivity contribution in [1.29, 1.82) is 0 Å². The minimum Gasteiger partial charge on any atom is -0.399 e. The van der Waals surface area contributed by atoms with Gasteiger partial charge in [-0.05, 0) is 25.0 Å². The molecule has 2 fully saturated rings. The van der Waals surface area contributed by atoms with Gasteiger partial charge in [0.15, 0.2) is 0 Å². The largest absolute Gasteiger partial charge is 0.399 e. The number of carbonyl (C=O) groups is 1. The van der Waals surface area contributed by atoms with Crippen molar-refractivity contribution >= 4 is 23.4 Å². The third-order valence-corrected chi connectivity index (χ3v) is 6.22. The fraction of sp³-hybridized carbons (Fsp3) is 0.500. The zero-order valence-corrected chi connectivity index (χ0v) is 16.6. The van der Waals surface area contributed by atoms with Crippen molar-refractivity contribution in [3.63, 3.8) is 0 Å². The number of hydrogen-bond donors (Lipinski definition) is 1. The van der Waals surface area contributed by atoms with Gasteiger partial charge in [-0.1, -0.05) is 31.4 Å². The average molecular weight is 393 g/mol. The van der Waals surface area contributed by atoms with Crippen molar-refractivity contribution in [3.05, 3.63) is 29.8 Å². The maximum Gasteiger partial charge on any atom is 0.233 e. The van der Waals surface area contributed by atoms with Crippen LogP contribution in [0.25, 0.3) is 11.3 Å². The van der Waals surface area contributed by atoms with Crippen molar-refractivity contribution < 1.29 is 9.53 Å². The highest BCUT2D eigenvalue weighted by atomic mass is 16.5. The lowest BCUT2D eigenvalue weighted by Crippen LogP contribution is -2.40. The highest BCUT2D eigenvalue weighted by Crippen LogP contribution is 2.39. The van der Waals surface area contributed by atoms with E-state index < -0.39 is 0 Å². The Hall–Kier alpha value is -2.67. The van der Waals surface area contributed by atoms with Crippen LogP contribution in [0.4, 0.5) is 17.5 Å². The van der Waals surface area contributed by atoms with Crippen LogP contribution < -0.4 is 15.5 Å². The van der Waals surface area contributed by atoms with Crippen molar-refractivity contribution in [3.8, 4) is 11.3 Å². The van der Waals surface area contributed by atoms with Gasteiger partial charge in [0.1, 0.15) is 5.82 Å². The Morgan fingerprint density at radius 2 is 1.72 bits per heavy atom. The fourth-order valence-corrected chi connectivity index (χ4v) is 4.68. The molecule has 3 aliphatic rings. The number of nitrogens with two attached hydrogens (primary N) is 1. The minimum atomic E-state index is 0.150. The van der Waals surface area contributed by atoms with Gasteiger partial charge >= 0.3 is 0 Å². The summed E-state index contributed by atoms with van der Waals surface area (Å²) in [6, 6.07) is 7.98. The maximum absolute atomic E-state index is 13.1. The summed E-state index contributed by atoms with van der Waals surface area (Å²) < 4.78 is 5.50. The third-order valence-electron chi connectivity index (χ3n) is 6.22. The van der Waals surface area contributed by atoms with Crippen molar-refractivity contribution in [1.82, 2.24) is 9.97 Å². The Kier molecular flexibility index (Phi) is 4.83. The van der Waals surface area contributed by atoms with E-state index in [4.69, 9.17) is 20.4 Å². The highest BCUT2D eigenvalue weighted by Gasteiger charge is 2.38. The van der Waals surface area contributed by atoms with E-state index in [1.807, 2.05) is 29.2 Å². The first-order valence-electron chi connectivity index (χ1n) is 10.6. The van der Waals surface area contributed by atoms with Gasteiger partial charge in [0.2, 0.25) is 11.9 Å². The molecule has 2 aliphatic heterocycles. The third kappa shape index (κ3) is 3.44. The van der Waals surface area contributed by atoms with Crippen LogP contribution in [0.15, 0.2) is 24.3 Å². The van der Waals surface area contributed by atoms with Crippen LogP contribution in [0.3, 0.4) is 0 Å². The van der Waals surface area contributed by atoms with E-state index in [1.54, 1.807) is 0 Å². The molecule has 1 amide bonds. The van der Waals surface area contributed by atoms with E-state index in [1.165, 1.54) is 19.3 Å². The first-order chi connectivity index (χ1) is 14.2. The van der Waals surface area contributed by atoms with Gasteiger partial charge in [-0.2, -0.15) is 4.98 Å². The lowest BCUT2D eigenvalue weighted by atomic mass is 9.94. The van der Waals surface area contributed by atoms with Gasteiger partial charge in [0.05, 0.1) is 25.3 Å². The van der Waals surface area contributed by atoms with E-state index in [-0.39, 0.29) is 11.9 Å². The topological polar surface area (TPSA) is 84.6 Å². The molecule has 1 aliphatic carbocycles. The van der Waals surface area contributed by atoms with Gasteiger partial charge < -0.3 is 15.4 Å². The summed E-state index contributed by atoms with van der Waals surface area (Å²) in [5, 5.41) is 0. The number of morpholine rings is 1. The number of hydrogen-bond acceptors (Lipinski definition) is 6. The second-order valence-corrected chi connectivity index (χ2v) is 8.13. The molecule has 1 saturated carbocycles. The fourth-order valence-electron chi connectivity index (χ4n) is 4.68. The van der Waals surface area contributed by atoms with Gasteiger partial charge in [-0.3, -0.25) is 9.69 Å². The monoisotopic (exact) mass is 393 g/mol. The number of benzene rings is 1. The lowest BCUT2D eigenvalue weighted by molar-refractivity contribution is -0.118. The second kappa shape index (κ2) is 7.63. The Morgan fingerprint density at radius 1 is 1.00 bits per heavy atom. The van der Waals surface area contributed by atoms with E-state index in [0.29, 0.717) is 31.3 Å². The molecule has 1 saturated heterocycles. The highest BCUT2D eigenvalue weighted by molar-refractivity contribution is 6.03. The summed E-state index contributed by atoms with van der Waals surface area (Å²) >= 11 is 0. The Bertz CT molecular complexity index is 902. The zero-order valence-electron chi connectivity index (χ0n) is 16.6. The van der Waals surface area contributed by atoms with E-state index in [0.717, 1.165) is 48.6 Å². The maximum atomic E-state index is 13.1. The van der Waals surface area contributed by atoms with Crippen LogP contribution in [0, 0.1) is 0 Å². The standard InChI is InChI=1S/C22H27N5O2/c23-16-8-6-15(7-9-16)20-18-14-19(28)27(17-4-2-1-3-5-17)21(18)25-22(24-20)26-10-12-29-13-11-26/h6-9,17H,1-5,10-14,23H2. The molecule has 5 rings (SSSR count). The molecule has 0 bridgehead atoms. The number of nitrogen functional groups attached to an aromatic ring is 1. The molecule has 2 aromatic rings. The molecule has 0 spiro atoms. The van der Waals surface area contributed by atoms with Crippen LogP contribution in [-0.4, -0.2) is 48.2 Å². The van der Waals surface area contributed by atoms with Crippen LogP contribution >= 0.6 is 0 Å². The van der Waals surface area contributed by atoms with Gasteiger partial charge in [-0.15, -0.1) is 0 Å². The Balaban J connectivity index is 1.62. The summed E-state index contributed by atoms with van der Waals surface area (Å²) in [5.41, 5.74) is 9.38. The number of aromatic nitrogens is 2. The minimum absolute atomic E-state index is 0.150. The first-order valence-corrected chi connectivity index (χ1v) is 10.6. The summed E-state index contributed by atoms with van der Waals surface area (Å²) in [6.45, 7) is 2.86. The summed E-state index contributed by atoms with van der Waals surface area (Å²) in [5.74, 6) is 1.65. The van der Waals surface area contributed by atoms with Crippen molar-refractivity contribution in [2.45, 2.75) is 44.6 Å². The molecular weight excluding hydrogens is 366 g/mol. The quantitative estimate of drug-likeness (QED) is 0.807. The summed E-state index contributed by atoms with van der Waals surface area (Å²) in [4.78, 5) is 27.0. The molecule has 7 nitrogen and oxygen atoms in total. The number of rotatable bonds is 3. The van der Waals surface area contributed by atoms with Gasteiger partial charge in [0.25, 0.3) is 0 Å². The summed E-state index contributed by atoms with van der Waals surface area (Å²) in [7, 11) is 0. The van der Waals surface area contributed by atoms with Crippen LogP contribution in [-0.2, 0) is 16.0 Å². The molecule has 2 N–H and O–H groups in total. The van der Waals surface area contributed by atoms with Crippen molar-refractivity contribution in [2.24, 2.45) is 0 Å². The molecule has 1 aromatic carbocycles. The van der Waals surface area contributed by atoms with Crippen LogP contribution in [0.1, 0.15) is 37.7 Å². The molecule has 1 aromatic heterocycles. The predicted octanol–water partition coefficient (Wildman–Crippen LogP) is 2.78. The SMILES string of the molecule is Nc1ccc(-c2nc(N3CCOCC3)nc3c2CC(=O)N3C2CCCCC2)cc1. The number of anilines is 3. The zero-order chi connectivity index (χ0) is 19.8.